The maximum atomic E-state index is 12.4. The van der Waals surface area contributed by atoms with E-state index in [2.05, 4.69) is 15.5 Å². The minimum absolute atomic E-state index is 0.0156. The third-order valence-corrected chi connectivity index (χ3v) is 3.56. The van der Waals surface area contributed by atoms with Gasteiger partial charge >= 0.3 is 0 Å². The van der Waals surface area contributed by atoms with Gasteiger partial charge in [0.1, 0.15) is 6.04 Å². The van der Waals surface area contributed by atoms with E-state index >= 15 is 0 Å². The summed E-state index contributed by atoms with van der Waals surface area (Å²) in [6, 6.07) is -0.486. The van der Waals surface area contributed by atoms with Crippen LogP contribution in [0.1, 0.15) is 40.5 Å². The van der Waals surface area contributed by atoms with Gasteiger partial charge in [0.05, 0.1) is 12.1 Å². The van der Waals surface area contributed by atoms with Crippen LogP contribution in [0.25, 0.3) is 0 Å². The molecule has 2 fully saturated rings. The van der Waals surface area contributed by atoms with Crippen molar-refractivity contribution in [1.82, 2.24) is 15.5 Å². The van der Waals surface area contributed by atoms with E-state index in [1.807, 2.05) is 27.7 Å². The summed E-state index contributed by atoms with van der Waals surface area (Å²) < 4.78 is 0. The quantitative estimate of drug-likeness (QED) is 0.704. The van der Waals surface area contributed by atoms with Crippen molar-refractivity contribution >= 4 is 11.8 Å². The maximum absolute atomic E-state index is 12.4. The number of hydrogen-bond acceptors (Lipinski definition) is 3. The number of carbonyl (C=O) groups excluding carboxylic acids is 2. The Labute approximate surface area is 108 Å². The predicted octanol–water partition coefficient (Wildman–Crippen LogP) is 0.252. The van der Waals surface area contributed by atoms with Gasteiger partial charge in [0.25, 0.3) is 0 Å². The molecule has 0 aromatic heterocycles. The number of nitrogens with one attached hydrogen (secondary N) is 2. The van der Waals surface area contributed by atoms with Gasteiger partial charge in [-0.1, -0.05) is 0 Å². The lowest BCUT2D eigenvalue weighted by Crippen LogP contribution is -2.67. The second-order valence-corrected chi connectivity index (χ2v) is 6.38. The van der Waals surface area contributed by atoms with E-state index in [4.69, 9.17) is 0 Å². The van der Waals surface area contributed by atoms with Gasteiger partial charge in [0, 0.05) is 5.54 Å². The van der Waals surface area contributed by atoms with Crippen LogP contribution in [0.5, 0.6) is 0 Å². The molecule has 2 rings (SSSR count). The first-order valence-electron chi connectivity index (χ1n) is 6.68. The molecule has 2 aliphatic heterocycles. The van der Waals surface area contributed by atoms with Crippen molar-refractivity contribution in [3.05, 3.63) is 0 Å². The molecule has 3 atom stereocenters. The van der Waals surface area contributed by atoms with Crippen LogP contribution in [0.3, 0.4) is 0 Å². The molecule has 2 heterocycles. The summed E-state index contributed by atoms with van der Waals surface area (Å²) in [5.74, 6) is 0.0849. The molecule has 2 aliphatic rings. The highest BCUT2D eigenvalue weighted by molar-refractivity contribution is 5.89. The Morgan fingerprint density at radius 3 is 2.72 bits per heavy atom. The van der Waals surface area contributed by atoms with E-state index in [-0.39, 0.29) is 35.5 Å². The Morgan fingerprint density at radius 1 is 1.44 bits per heavy atom. The van der Waals surface area contributed by atoms with Crippen molar-refractivity contribution in [3.8, 4) is 0 Å². The van der Waals surface area contributed by atoms with Crippen molar-refractivity contribution in [1.29, 1.82) is 0 Å². The van der Waals surface area contributed by atoms with Gasteiger partial charge in [-0.2, -0.15) is 0 Å². The fourth-order valence-electron chi connectivity index (χ4n) is 2.91. The largest absolute Gasteiger partial charge is 0.350 e. The smallest absolute Gasteiger partial charge is 0.239 e. The summed E-state index contributed by atoms with van der Waals surface area (Å²) in [5.41, 5.74) is -0.243. The fourth-order valence-corrected chi connectivity index (χ4v) is 2.91. The number of nitrogens with zero attached hydrogens (tertiary/aromatic N) is 1. The number of hydrogen-bond donors (Lipinski definition) is 2. The van der Waals surface area contributed by atoms with E-state index < -0.39 is 0 Å². The molecule has 2 N–H and O–H groups in total. The number of fused-ring (bicyclic) bond motifs is 1. The SMILES string of the molecule is C[C@H]1NC(=O)[C@@H]2CCCN2[C@H]1C(=O)NC(C)(C)C. The van der Waals surface area contributed by atoms with Gasteiger partial charge in [0.15, 0.2) is 0 Å². The Hall–Kier alpha value is -1.10. The van der Waals surface area contributed by atoms with Crippen LogP contribution in [-0.4, -0.2) is 46.9 Å². The van der Waals surface area contributed by atoms with Gasteiger partial charge in [-0.15, -0.1) is 0 Å². The summed E-state index contributed by atoms with van der Waals surface area (Å²) in [6.07, 6.45) is 1.85. The molecule has 102 valence electrons. The molecule has 5 heteroatoms. The summed E-state index contributed by atoms with van der Waals surface area (Å²) in [6.45, 7) is 8.65. The Bertz CT molecular complexity index is 362. The average molecular weight is 253 g/mol. The van der Waals surface area contributed by atoms with Gasteiger partial charge in [-0.3, -0.25) is 14.5 Å². The molecule has 0 saturated carbocycles. The zero-order valence-corrected chi connectivity index (χ0v) is 11.6. The zero-order valence-electron chi connectivity index (χ0n) is 11.6. The van der Waals surface area contributed by atoms with Crippen LogP contribution < -0.4 is 10.6 Å². The first-order chi connectivity index (χ1) is 8.29. The van der Waals surface area contributed by atoms with Crippen LogP contribution in [0.4, 0.5) is 0 Å². The summed E-state index contributed by atoms with van der Waals surface area (Å²) in [4.78, 5) is 26.3. The first-order valence-corrected chi connectivity index (χ1v) is 6.68. The number of carbonyl (C=O) groups is 2. The molecule has 0 radical (unpaired) electrons. The lowest BCUT2D eigenvalue weighted by molar-refractivity contribution is -0.138. The molecule has 0 unspecified atom stereocenters. The summed E-state index contributed by atoms with van der Waals surface area (Å²) >= 11 is 0. The normalized spacial score (nSPS) is 32.9. The topological polar surface area (TPSA) is 61.4 Å². The molecule has 18 heavy (non-hydrogen) atoms. The lowest BCUT2D eigenvalue weighted by Gasteiger charge is -2.41. The minimum Gasteiger partial charge on any atom is -0.350 e. The molecule has 0 aromatic carbocycles. The zero-order chi connectivity index (χ0) is 13.5. The van der Waals surface area contributed by atoms with Crippen molar-refractivity contribution in [2.75, 3.05) is 6.54 Å². The Morgan fingerprint density at radius 2 is 2.11 bits per heavy atom. The standard InChI is InChI=1S/C13H23N3O2/c1-8-10(12(18)15-13(2,3)4)16-7-5-6-9(16)11(17)14-8/h8-10H,5-7H2,1-4H3,(H,14,17)(H,15,18)/t8-,9+,10-/m1/s1. The van der Waals surface area contributed by atoms with E-state index in [1.165, 1.54) is 0 Å². The van der Waals surface area contributed by atoms with Crippen LogP contribution in [0, 0.1) is 0 Å². The molecule has 0 spiro atoms. The minimum atomic E-state index is -0.243. The summed E-state index contributed by atoms with van der Waals surface area (Å²) in [7, 11) is 0. The van der Waals surface area contributed by atoms with Gasteiger partial charge < -0.3 is 10.6 Å². The number of amides is 2. The van der Waals surface area contributed by atoms with Gasteiger partial charge in [-0.25, -0.2) is 0 Å². The highest BCUT2D eigenvalue weighted by atomic mass is 16.2. The van der Waals surface area contributed by atoms with Crippen molar-refractivity contribution < 1.29 is 9.59 Å². The van der Waals surface area contributed by atoms with Crippen LogP contribution in [-0.2, 0) is 9.59 Å². The van der Waals surface area contributed by atoms with Crippen molar-refractivity contribution in [2.45, 2.75) is 64.2 Å². The predicted molar refractivity (Wildman–Crippen MR) is 69.0 cm³/mol. The molecule has 0 bridgehead atoms. The fraction of sp³-hybridized carbons (Fsp3) is 0.846. The molecule has 0 aliphatic carbocycles. The average Bonchev–Trinajstić information content (AvgIpc) is 2.63. The van der Waals surface area contributed by atoms with Gasteiger partial charge in [0.2, 0.25) is 11.8 Å². The lowest BCUT2D eigenvalue weighted by atomic mass is 9.99. The first kappa shape index (κ1) is 13.3. The third-order valence-electron chi connectivity index (χ3n) is 3.56. The second-order valence-electron chi connectivity index (χ2n) is 6.38. The van der Waals surface area contributed by atoms with Crippen LogP contribution in [0.15, 0.2) is 0 Å². The van der Waals surface area contributed by atoms with Crippen molar-refractivity contribution in [3.63, 3.8) is 0 Å². The number of rotatable bonds is 1. The molecule has 0 aromatic rings. The van der Waals surface area contributed by atoms with Crippen LogP contribution in [0.2, 0.25) is 0 Å². The van der Waals surface area contributed by atoms with E-state index in [1.54, 1.807) is 0 Å². The molecule has 5 nitrogen and oxygen atoms in total. The highest BCUT2D eigenvalue weighted by Gasteiger charge is 2.46. The maximum Gasteiger partial charge on any atom is 0.239 e. The highest BCUT2D eigenvalue weighted by Crippen LogP contribution is 2.26. The van der Waals surface area contributed by atoms with Crippen LogP contribution >= 0.6 is 0 Å². The van der Waals surface area contributed by atoms with Crippen molar-refractivity contribution in [2.24, 2.45) is 0 Å². The molecule has 2 amide bonds. The second kappa shape index (κ2) is 4.53. The van der Waals surface area contributed by atoms with Gasteiger partial charge in [-0.05, 0) is 47.1 Å². The third kappa shape index (κ3) is 2.51. The monoisotopic (exact) mass is 253 g/mol. The molecular weight excluding hydrogens is 230 g/mol. The summed E-state index contributed by atoms with van der Waals surface area (Å²) in [5, 5.41) is 5.94. The van der Waals surface area contributed by atoms with E-state index in [0.717, 1.165) is 19.4 Å². The van der Waals surface area contributed by atoms with E-state index in [0.29, 0.717) is 0 Å². The Balaban J connectivity index is 2.15. The van der Waals surface area contributed by atoms with E-state index in [9.17, 15) is 9.59 Å². The number of piperazine rings is 1. The Kier molecular flexibility index (Phi) is 3.36. The molecule has 2 saturated heterocycles. The molecular formula is C13H23N3O2.